The van der Waals surface area contributed by atoms with Crippen LogP contribution in [0, 0.1) is 11.8 Å². The second-order valence-electron chi connectivity index (χ2n) is 4.55. The third kappa shape index (κ3) is 4.15. The molecule has 0 amide bonds. The molecule has 0 aromatic heterocycles. The predicted molar refractivity (Wildman–Crippen MR) is 82.7 cm³/mol. The number of rotatable bonds is 4. The Hall–Kier alpha value is -2.24. The van der Waals surface area contributed by atoms with Crippen LogP contribution in [0.2, 0.25) is 0 Å². The van der Waals surface area contributed by atoms with E-state index in [4.69, 9.17) is 4.74 Å². The van der Waals surface area contributed by atoms with Crippen molar-refractivity contribution in [3.8, 4) is 17.6 Å². The Morgan fingerprint density at radius 2 is 1.90 bits per heavy atom. The van der Waals surface area contributed by atoms with Crippen LogP contribution in [-0.2, 0) is 0 Å². The van der Waals surface area contributed by atoms with Crippen molar-refractivity contribution in [2.24, 2.45) is 0 Å². The quantitative estimate of drug-likeness (QED) is 0.856. The Morgan fingerprint density at radius 1 is 1.10 bits per heavy atom. The second kappa shape index (κ2) is 7.37. The van der Waals surface area contributed by atoms with Crippen molar-refractivity contribution >= 4 is 0 Å². The maximum Gasteiger partial charge on any atom is 0.119 e. The molecule has 0 saturated heterocycles. The summed E-state index contributed by atoms with van der Waals surface area (Å²) in [7, 11) is 1.68. The molecule has 2 heteroatoms. The molecule has 2 rings (SSSR count). The number of methoxy groups -OCH3 is 1. The van der Waals surface area contributed by atoms with Gasteiger partial charge in [0.15, 0.2) is 0 Å². The Kier molecular flexibility index (Phi) is 5.23. The van der Waals surface area contributed by atoms with Gasteiger partial charge in [-0.1, -0.05) is 42.2 Å². The second-order valence-corrected chi connectivity index (χ2v) is 4.55. The highest BCUT2D eigenvalue weighted by atomic mass is 16.5. The molecule has 0 fully saturated rings. The molecule has 0 unspecified atom stereocenters. The third-order valence-electron chi connectivity index (χ3n) is 3.10. The van der Waals surface area contributed by atoms with Gasteiger partial charge in [-0.25, -0.2) is 0 Å². The minimum Gasteiger partial charge on any atom is -0.497 e. The zero-order chi connectivity index (χ0) is 14.2. The van der Waals surface area contributed by atoms with Crippen molar-refractivity contribution in [1.29, 1.82) is 0 Å². The van der Waals surface area contributed by atoms with E-state index in [2.05, 4.69) is 30.1 Å². The van der Waals surface area contributed by atoms with Crippen LogP contribution >= 0.6 is 0 Å². The van der Waals surface area contributed by atoms with Gasteiger partial charge in [-0.2, -0.15) is 0 Å². The number of hydrogen-bond donors (Lipinski definition) is 1. The van der Waals surface area contributed by atoms with E-state index in [-0.39, 0.29) is 6.04 Å². The maximum atomic E-state index is 5.23. The van der Waals surface area contributed by atoms with E-state index in [1.807, 2.05) is 48.5 Å². The van der Waals surface area contributed by atoms with Crippen LogP contribution < -0.4 is 10.1 Å². The zero-order valence-electron chi connectivity index (χ0n) is 11.9. The molecular weight excluding hydrogens is 246 g/mol. The molecule has 0 bridgehead atoms. The Labute approximate surface area is 120 Å². The summed E-state index contributed by atoms with van der Waals surface area (Å²) in [4.78, 5) is 0. The average molecular weight is 265 g/mol. The Morgan fingerprint density at radius 3 is 2.65 bits per heavy atom. The molecule has 0 heterocycles. The molecule has 0 aliphatic rings. The van der Waals surface area contributed by atoms with Gasteiger partial charge in [-0.3, -0.25) is 5.32 Å². The van der Waals surface area contributed by atoms with Gasteiger partial charge >= 0.3 is 0 Å². The lowest BCUT2D eigenvalue weighted by molar-refractivity contribution is 0.413. The first kappa shape index (κ1) is 14.2. The first-order chi connectivity index (χ1) is 9.79. The minimum absolute atomic E-state index is 0.246. The summed E-state index contributed by atoms with van der Waals surface area (Å²) in [6.07, 6.45) is 0. The van der Waals surface area contributed by atoms with Crippen LogP contribution in [0.1, 0.15) is 24.1 Å². The summed E-state index contributed by atoms with van der Waals surface area (Å²) in [6, 6.07) is 18.3. The number of nitrogens with one attached hydrogen (secondary N) is 1. The molecule has 2 aromatic carbocycles. The SMILES string of the molecule is COc1cccc([C@@H](C)NCC#Cc2ccccc2)c1. The van der Waals surface area contributed by atoms with Gasteiger partial charge in [0.1, 0.15) is 5.75 Å². The summed E-state index contributed by atoms with van der Waals surface area (Å²) < 4.78 is 5.23. The molecule has 2 aromatic rings. The summed E-state index contributed by atoms with van der Waals surface area (Å²) in [5.41, 5.74) is 2.24. The molecule has 20 heavy (non-hydrogen) atoms. The largest absolute Gasteiger partial charge is 0.497 e. The van der Waals surface area contributed by atoms with E-state index in [0.29, 0.717) is 6.54 Å². The van der Waals surface area contributed by atoms with Gasteiger partial charge in [0.05, 0.1) is 13.7 Å². The fourth-order valence-electron chi connectivity index (χ4n) is 1.90. The van der Waals surface area contributed by atoms with Crippen molar-refractivity contribution in [3.05, 3.63) is 65.7 Å². The highest BCUT2D eigenvalue weighted by Gasteiger charge is 2.04. The molecule has 2 nitrogen and oxygen atoms in total. The topological polar surface area (TPSA) is 21.3 Å². The molecule has 1 atom stereocenters. The molecule has 0 aliphatic carbocycles. The van der Waals surface area contributed by atoms with Crippen LogP contribution in [0.25, 0.3) is 0 Å². The number of ether oxygens (including phenoxy) is 1. The van der Waals surface area contributed by atoms with E-state index in [1.54, 1.807) is 7.11 Å². The van der Waals surface area contributed by atoms with Crippen molar-refractivity contribution < 1.29 is 4.74 Å². The van der Waals surface area contributed by atoms with Crippen molar-refractivity contribution in [3.63, 3.8) is 0 Å². The monoisotopic (exact) mass is 265 g/mol. The molecule has 0 saturated carbocycles. The Balaban J connectivity index is 1.89. The van der Waals surface area contributed by atoms with Crippen LogP contribution in [0.3, 0.4) is 0 Å². The van der Waals surface area contributed by atoms with E-state index in [1.165, 1.54) is 5.56 Å². The average Bonchev–Trinajstić information content (AvgIpc) is 2.52. The molecule has 0 aliphatic heterocycles. The summed E-state index contributed by atoms with van der Waals surface area (Å²) in [5.74, 6) is 7.16. The van der Waals surface area contributed by atoms with Crippen LogP contribution in [0.4, 0.5) is 0 Å². The van der Waals surface area contributed by atoms with Crippen molar-refractivity contribution in [2.75, 3.05) is 13.7 Å². The fraction of sp³-hybridized carbons (Fsp3) is 0.222. The lowest BCUT2D eigenvalue weighted by Gasteiger charge is -2.13. The standard InChI is InChI=1S/C18H19NO/c1-15(17-11-6-12-18(14-17)20-2)19-13-7-10-16-8-4-3-5-9-16/h3-6,8-9,11-12,14-15,19H,13H2,1-2H3/t15-/m1/s1. The Bertz CT molecular complexity index is 596. The van der Waals surface area contributed by atoms with Gasteiger partial charge in [-0.15, -0.1) is 0 Å². The lowest BCUT2D eigenvalue weighted by atomic mass is 10.1. The molecule has 0 radical (unpaired) electrons. The fourth-order valence-corrected chi connectivity index (χ4v) is 1.90. The summed E-state index contributed by atoms with van der Waals surface area (Å²) >= 11 is 0. The van der Waals surface area contributed by atoms with Crippen LogP contribution in [0.5, 0.6) is 5.75 Å². The first-order valence-corrected chi connectivity index (χ1v) is 6.71. The van der Waals surface area contributed by atoms with E-state index in [0.717, 1.165) is 11.3 Å². The molecule has 0 spiro atoms. The van der Waals surface area contributed by atoms with E-state index < -0.39 is 0 Å². The van der Waals surface area contributed by atoms with Gasteiger partial charge in [0.2, 0.25) is 0 Å². The van der Waals surface area contributed by atoms with Gasteiger partial charge in [0.25, 0.3) is 0 Å². The first-order valence-electron chi connectivity index (χ1n) is 6.71. The summed E-state index contributed by atoms with van der Waals surface area (Å²) in [6.45, 7) is 2.78. The highest BCUT2D eigenvalue weighted by Crippen LogP contribution is 2.18. The highest BCUT2D eigenvalue weighted by molar-refractivity contribution is 5.34. The smallest absolute Gasteiger partial charge is 0.119 e. The normalized spacial score (nSPS) is 11.3. The summed E-state index contributed by atoms with van der Waals surface area (Å²) in [5, 5.41) is 3.39. The van der Waals surface area contributed by atoms with Crippen molar-refractivity contribution in [1.82, 2.24) is 5.32 Å². The van der Waals surface area contributed by atoms with E-state index in [9.17, 15) is 0 Å². The van der Waals surface area contributed by atoms with Crippen molar-refractivity contribution in [2.45, 2.75) is 13.0 Å². The van der Waals surface area contributed by atoms with Crippen LogP contribution in [-0.4, -0.2) is 13.7 Å². The maximum absolute atomic E-state index is 5.23. The van der Waals surface area contributed by atoms with Crippen LogP contribution in [0.15, 0.2) is 54.6 Å². The minimum atomic E-state index is 0.246. The molecular formula is C18H19NO. The lowest BCUT2D eigenvalue weighted by Crippen LogP contribution is -2.18. The zero-order valence-corrected chi connectivity index (χ0v) is 11.9. The predicted octanol–water partition coefficient (Wildman–Crippen LogP) is 3.40. The van der Waals surface area contributed by atoms with Gasteiger partial charge < -0.3 is 4.74 Å². The van der Waals surface area contributed by atoms with E-state index >= 15 is 0 Å². The number of benzene rings is 2. The third-order valence-corrected chi connectivity index (χ3v) is 3.10. The van der Waals surface area contributed by atoms with Gasteiger partial charge in [0, 0.05) is 11.6 Å². The number of hydrogen-bond acceptors (Lipinski definition) is 2. The van der Waals surface area contributed by atoms with Gasteiger partial charge in [-0.05, 0) is 36.8 Å². The molecule has 1 N–H and O–H groups in total. The molecule has 102 valence electrons.